The van der Waals surface area contributed by atoms with E-state index >= 15 is 0 Å². The van der Waals surface area contributed by atoms with Crippen molar-refractivity contribution in [3.63, 3.8) is 0 Å². The Morgan fingerprint density at radius 3 is 2.59 bits per heavy atom. The number of rotatable bonds is 3. The van der Waals surface area contributed by atoms with Crippen molar-refractivity contribution < 1.29 is 0 Å². The summed E-state index contributed by atoms with van der Waals surface area (Å²) in [6, 6.07) is 11.6. The first-order chi connectivity index (χ1) is 8.12. The number of likely N-dealkylation sites (tertiary alicyclic amines) is 1. The Balaban J connectivity index is 2.19. The van der Waals surface area contributed by atoms with Crippen molar-refractivity contribution in [2.75, 3.05) is 13.1 Å². The van der Waals surface area contributed by atoms with E-state index in [-0.39, 0.29) is 0 Å². The average molecular weight is 231 g/mol. The Morgan fingerprint density at radius 2 is 1.94 bits per heavy atom. The summed E-state index contributed by atoms with van der Waals surface area (Å²) in [6.07, 6.45) is 3.87. The molecular weight excluding hydrogens is 206 g/mol. The minimum Gasteiger partial charge on any atom is -0.296 e. The minimum absolute atomic E-state index is 0.491. The molecule has 1 heteroatoms. The number of benzene rings is 1. The maximum absolute atomic E-state index is 2.67. The van der Waals surface area contributed by atoms with E-state index in [2.05, 4.69) is 56.0 Å². The highest BCUT2D eigenvalue weighted by atomic mass is 15.2. The van der Waals surface area contributed by atoms with E-state index < -0.39 is 0 Å². The first-order valence-electron chi connectivity index (χ1n) is 6.91. The summed E-state index contributed by atoms with van der Waals surface area (Å²) in [5.41, 5.74) is 1.99. The van der Waals surface area contributed by atoms with Crippen molar-refractivity contribution in [2.45, 2.75) is 46.1 Å². The SMILES string of the molecule is CCCN1CCC(C)(C)CC1c1ccccc1. The maximum atomic E-state index is 2.67. The normalized spacial score (nSPS) is 24.8. The van der Waals surface area contributed by atoms with Gasteiger partial charge < -0.3 is 0 Å². The summed E-state index contributed by atoms with van der Waals surface area (Å²) in [7, 11) is 0. The molecule has 1 aliphatic heterocycles. The number of nitrogens with zero attached hydrogens (tertiary/aromatic N) is 1. The lowest BCUT2D eigenvalue weighted by Gasteiger charge is -2.43. The second-order valence-corrected chi connectivity index (χ2v) is 6.08. The van der Waals surface area contributed by atoms with Gasteiger partial charge >= 0.3 is 0 Å². The number of hydrogen-bond donors (Lipinski definition) is 0. The van der Waals surface area contributed by atoms with Crippen molar-refractivity contribution in [2.24, 2.45) is 5.41 Å². The molecule has 0 saturated carbocycles. The van der Waals surface area contributed by atoms with E-state index in [4.69, 9.17) is 0 Å². The quantitative estimate of drug-likeness (QED) is 0.751. The van der Waals surface area contributed by atoms with Crippen molar-refractivity contribution in [1.29, 1.82) is 0 Å². The van der Waals surface area contributed by atoms with Crippen LogP contribution in [0.4, 0.5) is 0 Å². The van der Waals surface area contributed by atoms with Crippen LogP contribution in [0.3, 0.4) is 0 Å². The fraction of sp³-hybridized carbons (Fsp3) is 0.625. The lowest BCUT2D eigenvalue weighted by molar-refractivity contribution is 0.0700. The Labute approximate surface area is 106 Å². The molecule has 1 nitrogen and oxygen atoms in total. The van der Waals surface area contributed by atoms with Crippen LogP contribution in [-0.2, 0) is 0 Å². The van der Waals surface area contributed by atoms with Crippen molar-refractivity contribution in [3.05, 3.63) is 35.9 Å². The summed E-state index contributed by atoms with van der Waals surface area (Å²) >= 11 is 0. The summed E-state index contributed by atoms with van der Waals surface area (Å²) in [5.74, 6) is 0. The zero-order valence-electron chi connectivity index (χ0n) is 11.4. The van der Waals surface area contributed by atoms with E-state index in [1.165, 1.54) is 37.9 Å². The second-order valence-electron chi connectivity index (χ2n) is 6.08. The van der Waals surface area contributed by atoms with Crippen LogP contribution in [-0.4, -0.2) is 18.0 Å². The minimum atomic E-state index is 0.491. The molecular formula is C16H25N. The molecule has 0 spiro atoms. The summed E-state index contributed by atoms with van der Waals surface area (Å²) < 4.78 is 0. The molecule has 1 saturated heterocycles. The predicted octanol–water partition coefficient (Wildman–Crippen LogP) is 4.26. The zero-order chi connectivity index (χ0) is 12.3. The zero-order valence-corrected chi connectivity index (χ0v) is 11.4. The van der Waals surface area contributed by atoms with Crippen LogP contribution >= 0.6 is 0 Å². The van der Waals surface area contributed by atoms with Gasteiger partial charge in [0.25, 0.3) is 0 Å². The van der Waals surface area contributed by atoms with E-state index in [1.807, 2.05) is 0 Å². The van der Waals surface area contributed by atoms with Gasteiger partial charge in [0.15, 0.2) is 0 Å². The van der Waals surface area contributed by atoms with Gasteiger partial charge in [-0.3, -0.25) is 4.90 Å². The molecule has 0 bridgehead atoms. The third kappa shape index (κ3) is 3.10. The fourth-order valence-corrected chi connectivity index (χ4v) is 2.92. The first-order valence-corrected chi connectivity index (χ1v) is 6.91. The van der Waals surface area contributed by atoms with Gasteiger partial charge in [0.2, 0.25) is 0 Å². The van der Waals surface area contributed by atoms with Gasteiger partial charge in [0, 0.05) is 6.04 Å². The fourth-order valence-electron chi connectivity index (χ4n) is 2.92. The summed E-state index contributed by atoms with van der Waals surface area (Å²) in [5, 5.41) is 0. The van der Waals surface area contributed by atoms with Gasteiger partial charge in [0.05, 0.1) is 0 Å². The number of piperidine rings is 1. The molecule has 0 radical (unpaired) electrons. The molecule has 1 aliphatic rings. The largest absolute Gasteiger partial charge is 0.296 e. The summed E-state index contributed by atoms with van der Waals surface area (Å²) in [4.78, 5) is 2.67. The van der Waals surface area contributed by atoms with Gasteiger partial charge in [-0.1, -0.05) is 51.1 Å². The smallest absolute Gasteiger partial charge is 0.0353 e. The molecule has 1 atom stereocenters. The molecule has 0 aliphatic carbocycles. The maximum Gasteiger partial charge on any atom is 0.0353 e. The average Bonchev–Trinajstić information content (AvgIpc) is 2.32. The van der Waals surface area contributed by atoms with E-state index in [1.54, 1.807) is 0 Å². The molecule has 1 unspecified atom stereocenters. The van der Waals surface area contributed by atoms with Crippen LogP contribution in [0.5, 0.6) is 0 Å². The Hall–Kier alpha value is -0.820. The third-order valence-corrected chi connectivity index (χ3v) is 3.96. The number of hydrogen-bond acceptors (Lipinski definition) is 1. The highest BCUT2D eigenvalue weighted by Gasteiger charge is 2.33. The molecule has 2 rings (SSSR count). The Bertz CT molecular complexity index is 342. The lowest BCUT2D eigenvalue weighted by atomic mass is 9.77. The van der Waals surface area contributed by atoms with Crippen LogP contribution < -0.4 is 0 Å². The monoisotopic (exact) mass is 231 g/mol. The topological polar surface area (TPSA) is 3.24 Å². The highest BCUT2D eigenvalue weighted by molar-refractivity contribution is 5.20. The predicted molar refractivity (Wildman–Crippen MR) is 74.1 cm³/mol. The van der Waals surface area contributed by atoms with Gasteiger partial charge in [-0.25, -0.2) is 0 Å². The third-order valence-electron chi connectivity index (χ3n) is 3.96. The van der Waals surface area contributed by atoms with Crippen LogP contribution in [0.1, 0.15) is 51.6 Å². The highest BCUT2D eigenvalue weighted by Crippen LogP contribution is 2.41. The molecule has 1 fully saturated rings. The molecule has 1 aromatic carbocycles. The van der Waals surface area contributed by atoms with E-state index in [0.29, 0.717) is 11.5 Å². The van der Waals surface area contributed by atoms with Gasteiger partial charge in [-0.15, -0.1) is 0 Å². The molecule has 1 aromatic rings. The molecule has 94 valence electrons. The first kappa shape index (κ1) is 12.6. The van der Waals surface area contributed by atoms with Crippen LogP contribution in [0.15, 0.2) is 30.3 Å². The Morgan fingerprint density at radius 1 is 1.24 bits per heavy atom. The van der Waals surface area contributed by atoms with Crippen molar-refractivity contribution in [1.82, 2.24) is 4.90 Å². The van der Waals surface area contributed by atoms with E-state index in [0.717, 1.165) is 0 Å². The molecule has 0 aromatic heterocycles. The van der Waals surface area contributed by atoms with Crippen LogP contribution in [0.25, 0.3) is 0 Å². The lowest BCUT2D eigenvalue weighted by Crippen LogP contribution is -2.40. The van der Waals surface area contributed by atoms with Gasteiger partial charge in [-0.05, 0) is 43.3 Å². The molecule has 0 amide bonds. The van der Waals surface area contributed by atoms with Crippen LogP contribution in [0, 0.1) is 5.41 Å². The van der Waals surface area contributed by atoms with Crippen molar-refractivity contribution in [3.8, 4) is 0 Å². The molecule has 1 heterocycles. The standard InChI is InChI=1S/C16H25N/c1-4-11-17-12-10-16(2,3)13-15(17)14-8-6-5-7-9-14/h5-9,15H,4,10-13H2,1-3H3. The van der Waals surface area contributed by atoms with Crippen molar-refractivity contribution >= 4 is 0 Å². The van der Waals surface area contributed by atoms with E-state index in [9.17, 15) is 0 Å². The summed E-state index contributed by atoms with van der Waals surface area (Å²) in [6.45, 7) is 9.58. The second kappa shape index (κ2) is 5.22. The van der Waals surface area contributed by atoms with Gasteiger partial charge in [-0.2, -0.15) is 0 Å². The Kier molecular flexibility index (Phi) is 3.88. The molecule has 0 N–H and O–H groups in total. The van der Waals surface area contributed by atoms with Gasteiger partial charge in [0.1, 0.15) is 0 Å². The van der Waals surface area contributed by atoms with Crippen LogP contribution in [0.2, 0.25) is 0 Å². The molecule has 17 heavy (non-hydrogen) atoms.